The van der Waals surface area contributed by atoms with E-state index in [2.05, 4.69) is 10.6 Å². The Morgan fingerprint density at radius 2 is 2.45 bits per heavy atom. The molecule has 1 aliphatic heterocycles. The molecule has 0 spiro atoms. The number of morpholine rings is 1. The molecular formula is C15H22N2O3. The second-order valence-electron chi connectivity index (χ2n) is 4.76. The number of hydrogen-bond acceptors (Lipinski definition) is 4. The van der Waals surface area contributed by atoms with Crippen LogP contribution in [0.2, 0.25) is 0 Å². The highest BCUT2D eigenvalue weighted by Crippen LogP contribution is 2.13. The van der Waals surface area contributed by atoms with Crippen LogP contribution < -0.4 is 15.4 Å². The molecule has 2 N–H and O–H groups in total. The van der Waals surface area contributed by atoms with Crippen molar-refractivity contribution in [1.82, 2.24) is 10.6 Å². The van der Waals surface area contributed by atoms with Crippen molar-refractivity contribution in [2.24, 2.45) is 0 Å². The normalized spacial score (nSPS) is 18.6. The highest BCUT2D eigenvalue weighted by Gasteiger charge is 2.16. The van der Waals surface area contributed by atoms with Gasteiger partial charge in [0.25, 0.3) is 0 Å². The molecule has 110 valence electrons. The predicted molar refractivity (Wildman–Crippen MR) is 76.7 cm³/mol. The standard InChI is InChI=1S/C15H22N2O3/c1-2-19-13-5-3-4-12(8-13)10-17-15(18)9-14-11-16-6-7-20-14/h3-5,8,14,16H,2,6-7,9-11H2,1H3,(H,17,18). The Bertz CT molecular complexity index is 431. The Balaban J connectivity index is 1.76. The Labute approximate surface area is 119 Å². The minimum atomic E-state index is -0.0153. The molecule has 0 aliphatic carbocycles. The fourth-order valence-electron chi connectivity index (χ4n) is 2.14. The third kappa shape index (κ3) is 4.83. The van der Waals surface area contributed by atoms with E-state index in [4.69, 9.17) is 9.47 Å². The van der Waals surface area contributed by atoms with Crippen LogP contribution in [0.15, 0.2) is 24.3 Å². The summed E-state index contributed by atoms with van der Waals surface area (Å²) in [6, 6.07) is 7.76. The third-order valence-corrected chi connectivity index (χ3v) is 3.12. The van der Waals surface area contributed by atoms with E-state index in [1.807, 2.05) is 31.2 Å². The molecule has 1 fully saturated rings. The molecule has 1 heterocycles. The summed E-state index contributed by atoms with van der Waals surface area (Å²) in [6.45, 7) is 5.39. The zero-order chi connectivity index (χ0) is 14.2. The van der Waals surface area contributed by atoms with Gasteiger partial charge < -0.3 is 20.1 Å². The molecule has 0 aromatic heterocycles. The summed E-state index contributed by atoms with van der Waals surface area (Å²) in [5.74, 6) is 0.847. The first-order valence-electron chi connectivity index (χ1n) is 7.08. The number of ether oxygens (including phenoxy) is 2. The number of amides is 1. The van der Waals surface area contributed by atoms with Crippen LogP contribution in [-0.2, 0) is 16.1 Å². The van der Waals surface area contributed by atoms with Gasteiger partial charge in [0, 0.05) is 19.6 Å². The summed E-state index contributed by atoms with van der Waals surface area (Å²) in [7, 11) is 0. The molecular weight excluding hydrogens is 256 g/mol. The van der Waals surface area contributed by atoms with Gasteiger partial charge in [-0.1, -0.05) is 12.1 Å². The van der Waals surface area contributed by atoms with Crippen molar-refractivity contribution in [3.63, 3.8) is 0 Å². The first-order chi connectivity index (χ1) is 9.78. The van der Waals surface area contributed by atoms with Gasteiger partial charge in [0.2, 0.25) is 5.91 Å². The maximum atomic E-state index is 11.8. The molecule has 0 radical (unpaired) electrons. The van der Waals surface area contributed by atoms with Gasteiger partial charge in [-0.25, -0.2) is 0 Å². The van der Waals surface area contributed by atoms with Crippen LogP contribution in [0, 0.1) is 0 Å². The molecule has 0 bridgehead atoms. The second kappa shape index (κ2) is 7.87. The zero-order valence-electron chi connectivity index (χ0n) is 11.9. The highest BCUT2D eigenvalue weighted by molar-refractivity contribution is 5.76. The molecule has 5 heteroatoms. The number of rotatable bonds is 6. The van der Waals surface area contributed by atoms with Gasteiger partial charge in [-0.05, 0) is 24.6 Å². The third-order valence-electron chi connectivity index (χ3n) is 3.12. The summed E-state index contributed by atoms with van der Waals surface area (Å²) in [5, 5.41) is 6.13. The van der Waals surface area contributed by atoms with Crippen molar-refractivity contribution in [1.29, 1.82) is 0 Å². The van der Waals surface area contributed by atoms with Crippen LogP contribution in [0.5, 0.6) is 5.75 Å². The van der Waals surface area contributed by atoms with Gasteiger partial charge in [-0.2, -0.15) is 0 Å². The van der Waals surface area contributed by atoms with Crippen molar-refractivity contribution in [3.05, 3.63) is 29.8 Å². The number of benzene rings is 1. The van der Waals surface area contributed by atoms with Crippen molar-refractivity contribution in [2.75, 3.05) is 26.3 Å². The van der Waals surface area contributed by atoms with E-state index in [1.54, 1.807) is 0 Å². The average Bonchev–Trinajstić information content (AvgIpc) is 2.47. The number of nitrogens with one attached hydrogen (secondary N) is 2. The van der Waals surface area contributed by atoms with Gasteiger partial charge in [0.05, 0.1) is 25.7 Å². The van der Waals surface area contributed by atoms with Gasteiger partial charge >= 0.3 is 0 Å². The summed E-state index contributed by atoms with van der Waals surface area (Å²) in [6.07, 6.45) is 0.386. The predicted octanol–water partition coefficient (Wildman–Crippen LogP) is 1.08. The lowest BCUT2D eigenvalue weighted by Crippen LogP contribution is -2.41. The van der Waals surface area contributed by atoms with Crippen LogP contribution in [-0.4, -0.2) is 38.3 Å². The largest absolute Gasteiger partial charge is 0.494 e. The van der Waals surface area contributed by atoms with Crippen molar-refractivity contribution >= 4 is 5.91 Å². The van der Waals surface area contributed by atoms with E-state index in [0.29, 0.717) is 26.2 Å². The first kappa shape index (κ1) is 14.8. The minimum absolute atomic E-state index is 0.0144. The first-order valence-corrected chi connectivity index (χ1v) is 7.08. The lowest BCUT2D eigenvalue weighted by Gasteiger charge is -2.23. The quantitative estimate of drug-likeness (QED) is 0.817. The molecule has 1 unspecified atom stereocenters. The van der Waals surface area contributed by atoms with E-state index in [-0.39, 0.29) is 12.0 Å². The Hall–Kier alpha value is -1.59. The van der Waals surface area contributed by atoms with Gasteiger partial charge in [-0.15, -0.1) is 0 Å². The van der Waals surface area contributed by atoms with Gasteiger partial charge in [0.1, 0.15) is 5.75 Å². The molecule has 1 aromatic carbocycles. The summed E-state index contributed by atoms with van der Waals surface area (Å²) in [5.41, 5.74) is 1.03. The molecule has 1 amide bonds. The molecule has 5 nitrogen and oxygen atoms in total. The van der Waals surface area contributed by atoms with Crippen LogP contribution in [0.1, 0.15) is 18.9 Å². The summed E-state index contributed by atoms with van der Waals surface area (Å²) >= 11 is 0. The lowest BCUT2D eigenvalue weighted by molar-refractivity contribution is -0.124. The molecule has 1 saturated heterocycles. The fourth-order valence-corrected chi connectivity index (χ4v) is 2.14. The van der Waals surface area contributed by atoms with Gasteiger partial charge in [0.15, 0.2) is 0 Å². The number of hydrogen-bond donors (Lipinski definition) is 2. The van der Waals surface area contributed by atoms with Crippen LogP contribution in [0.25, 0.3) is 0 Å². The highest BCUT2D eigenvalue weighted by atomic mass is 16.5. The number of carbonyl (C=O) groups is 1. The van der Waals surface area contributed by atoms with Crippen molar-refractivity contribution < 1.29 is 14.3 Å². The topological polar surface area (TPSA) is 59.6 Å². The van der Waals surface area contributed by atoms with Crippen molar-refractivity contribution in [2.45, 2.75) is 26.0 Å². The summed E-state index contributed by atoms with van der Waals surface area (Å²) < 4.78 is 10.9. The van der Waals surface area contributed by atoms with E-state index >= 15 is 0 Å². The van der Waals surface area contributed by atoms with Crippen LogP contribution in [0.3, 0.4) is 0 Å². The Morgan fingerprint density at radius 1 is 1.55 bits per heavy atom. The van der Waals surface area contributed by atoms with E-state index in [1.165, 1.54) is 0 Å². The Morgan fingerprint density at radius 3 is 3.20 bits per heavy atom. The maximum Gasteiger partial charge on any atom is 0.222 e. The van der Waals surface area contributed by atoms with E-state index in [0.717, 1.165) is 24.4 Å². The molecule has 0 saturated carbocycles. The fraction of sp³-hybridized carbons (Fsp3) is 0.533. The van der Waals surface area contributed by atoms with E-state index in [9.17, 15) is 4.79 Å². The minimum Gasteiger partial charge on any atom is -0.494 e. The molecule has 1 aliphatic rings. The smallest absolute Gasteiger partial charge is 0.222 e. The zero-order valence-corrected chi connectivity index (χ0v) is 11.9. The second-order valence-corrected chi connectivity index (χ2v) is 4.76. The van der Waals surface area contributed by atoms with Crippen molar-refractivity contribution in [3.8, 4) is 5.75 Å². The van der Waals surface area contributed by atoms with E-state index < -0.39 is 0 Å². The maximum absolute atomic E-state index is 11.8. The SMILES string of the molecule is CCOc1cccc(CNC(=O)CC2CNCCO2)c1. The lowest BCUT2D eigenvalue weighted by atomic mass is 10.2. The average molecular weight is 278 g/mol. The Kier molecular flexibility index (Phi) is 5.83. The number of carbonyl (C=O) groups excluding carboxylic acids is 1. The molecule has 1 atom stereocenters. The summed E-state index contributed by atoms with van der Waals surface area (Å²) in [4.78, 5) is 11.8. The monoisotopic (exact) mass is 278 g/mol. The van der Waals surface area contributed by atoms with Gasteiger partial charge in [-0.3, -0.25) is 4.79 Å². The van der Waals surface area contributed by atoms with Crippen LogP contribution >= 0.6 is 0 Å². The molecule has 20 heavy (non-hydrogen) atoms. The van der Waals surface area contributed by atoms with Crippen LogP contribution in [0.4, 0.5) is 0 Å². The molecule has 2 rings (SSSR count). The molecule has 1 aromatic rings.